The van der Waals surface area contributed by atoms with Gasteiger partial charge in [0.05, 0.1) is 22.7 Å². The number of imidazole rings is 1. The van der Waals surface area contributed by atoms with Gasteiger partial charge in [-0.05, 0) is 30.3 Å². The Kier molecular flexibility index (Phi) is 2.38. The number of hydrogen-bond donors (Lipinski definition) is 2. The minimum Gasteiger partial charge on any atom is -0.325 e. The largest absolute Gasteiger partial charge is 0.325 e. The average Bonchev–Trinajstić information content (AvgIpc) is 3.04. The Morgan fingerprint density at radius 3 is 2.90 bits per heavy atom. The van der Waals surface area contributed by atoms with Crippen molar-refractivity contribution in [1.82, 2.24) is 19.6 Å². The molecule has 100 valence electrons. The number of benzene rings is 2. The van der Waals surface area contributed by atoms with Crippen LogP contribution in [0.4, 0.5) is 11.6 Å². The highest BCUT2D eigenvalue weighted by Gasteiger charge is 2.09. The van der Waals surface area contributed by atoms with Crippen molar-refractivity contribution in [3.05, 3.63) is 54.1 Å². The van der Waals surface area contributed by atoms with Gasteiger partial charge < -0.3 is 5.32 Å². The molecule has 0 bridgehead atoms. The van der Waals surface area contributed by atoms with Crippen LogP contribution in [-0.4, -0.2) is 19.6 Å². The van der Waals surface area contributed by atoms with Crippen molar-refractivity contribution in [2.75, 3.05) is 5.32 Å². The van der Waals surface area contributed by atoms with E-state index in [-0.39, 0.29) is 0 Å². The van der Waals surface area contributed by atoms with Crippen molar-refractivity contribution in [2.24, 2.45) is 0 Å². The van der Waals surface area contributed by atoms with E-state index in [1.165, 1.54) is 0 Å². The molecule has 0 unspecified atom stereocenters. The van der Waals surface area contributed by atoms with Gasteiger partial charge >= 0.3 is 0 Å². The number of nitrogens with one attached hydrogen (secondary N) is 2. The van der Waals surface area contributed by atoms with Gasteiger partial charge in [0.2, 0.25) is 5.95 Å². The number of fused-ring (bicyclic) bond motifs is 3. The van der Waals surface area contributed by atoms with Crippen molar-refractivity contribution in [1.29, 1.82) is 5.26 Å². The summed E-state index contributed by atoms with van der Waals surface area (Å²) < 4.78 is 1.83. The minimum atomic E-state index is 0.582. The molecule has 21 heavy (non-hydrogen) atoms. The fourth-order valence-electron chi connectivity index (χ4n) is 2.29. The second kappa shape index (κ2) is 4.35. The summed E-state index contributed by atoms with van der Waals surface area (Å²) in [6, 6.07) is 17.2. The van der Waals surface area contributed by atoms with Gasteiger partial charge in [0.25, 0.3) is 5.78 Å². The molecule has 4 rings (SSSR count). The standard InChI is InChI=1S/C15H10N6/c16-9-10-4-3-5-11(8-10)17-14-19-15-18-12-6-1-2-7-13(12)21(15)20-14/h1-8H,(H2,17,18,19,20). The highest BCUT2D eigenvalue weighted by molar-refractivity contribution is 5.79. The summed E-state index contributed by atoms with van der Waals surface area (Å²) >= 11 is 0. The van der Waals surface area contributed by atoms with Crippen LogP contribution in [0.3, 0.4) is 0 Å². The first-order valence-corrected chi connectivity index (χ1v) is 6.44. The Balaban J connectivity index is 1.75. The number of hydrogen-bond acceptors (Lipinski definition) is 4. The molecule has 2 aromatic carbocycles. The first-order chi connectivity index (χ1) is 10.3. The molecule has 0 amide bonds. The quantitative estimate of drug-likeness (QED) is 0.589. The number of H-pyrrole nitrogens is 1. The summed E-state index contributed by atoms with van der Waals surface area (Å²) in [5, 5.41) is 15.2. The molecule has 0 aliphatic rings. The van der Waals surface area contributed by atoms with Gasteiger partial charge in [-0.2, -0.15) is 10.2 Å². The molecule has 2 aromatic heterocycles. The van der Waals surface area contributed by atoms with E-state index in [2.05, 4.69) is 26.5 Å². The lowest BCUT2D eigenvalue weighted by molar-refractivity contribution is 1.01. The highest BCUT2D eigenvalue weighted by atomic mass is 15.4. The molecule has 0 spiro atoms. The summed E-state index contributed by atoms with van der Waals surface area (Å²) in [6.07, 6.45) is 0. The lowest BCUT2D eigenvalue weighted by Crippen LogP contribution is -1.94. The van der Waals surface area contributed by atoms with E-state index < -0.39 is 0 Å². The first kappa shape index (κ1) is 11.5. The summed E-state index contributed by atoms with van der Waals surface area (Å²) in [7, 11) is 0. The van der Waals surface area contributed by atoms with Crippen LogP contribution in [0.1, 0.15) is 5.56 Å². The van der Waals surface area contributed by atoms with Crippen LogP contribution in [0, 0.1) is 11.3 Å². The van der Waals surface area contributed by atoms with Gasteiger partial charge in [-0.3, -0.25) is 5.10 Å². The van der Waals surface area contributed by atoms with E-state index in [1.54, 1.807) is 12.1 Å². The van der Waals surface area contributed by atoms with Crippen LogP contribution >= 0.6 is 0 Å². The predicted octanol–water partition coefficient (Wildman–Crippen LogP) is 2.83. The predicted molar refractivity (Wildman–Crippen MR) is 79.3 cm³/mol. The zero-order chi connectivity index (χ0) is 14.2. The topological polar surface area (TPSA) is 81.8 Å². The van der Waals surface area contributed by atoms with Gasteiger partial charge in [0.1, 0.15) is 0 Å². The Bertz CT molecular complexity index is 988. The smallest absolute Gasteiger partial charge is 0.253 e. The van der Waals surface area contributed by atoms with Crippen molar-refractivity contribution >= 4 is 28.4 Å². The molecule has 0 atom stereocenters. The number of aromatic nitrogens is 4. The molecule has 0 aliphatic heterocycles. The molecule has 4 aromatic rings. The molecule has 2 heterocycles. The van der Waals surface area contributed by atoms with Crippen LogP contribution < -0.4 is 5.32 Å². The number of aromatic amines is 1. The maximum absolute atomic E-state index is 8.91. The Morgan fingerprint density at radius 1 is 1.10 bits per heavy atom. The monoisotopic (exact) mass is 274 g/mol. The third-order valence-electron chi connectivity index (χ3n) is 3.23. The van der Waals surface area contributed by atoms with Crippen LogP contribution in [0.15, 0.2) is 48.5 Å². The third kappa shape index (κ3) is 1.88. The normalized spacial score (nSPS) is 10.8. The molecular weight excluding hydrogens is 264 g/mol. The SMILES string of the molecule is N#Cc1cccc(Nc2nc3nc4ccccc4n3[nH]2)c1. The highest BCUT2D eigenvalue weighted by Crippen LogP contribution is 2.18. The second-order valence-corrected chi connectivity index (χ2v) is 4.63. The van der Waals surface area contributed by atoms with E-state index in [4.69, 9.17) is 5.26 Å². The van der Waals surface area contributed by atoms with Crippen molar-refractivity contribution < 1.29 is 0 Å². The number of rotatable bonds is 2. The average molecular weight is 274 g/mol. The Hall–Kier alpha value is -3.33. The summed E-state index contributed by atoms with van der Waals surface area (Å²) in [6.45, 7) is 0. The summed E-state index contributed by atoms with van der Waals surface area (Å²) in [5.41, 5.74) is 3.27. The molecule has 2 N–H and O–H groups in total. The molecular formula is C15H10N6. The van der Waals surface area contributed by atoms with E-state index in [1.807, 2.05) is 40.9 Å². The zero-order valence-corrected chi connectivity index (χ0v) is 10.9. The molecule has 6 nitrogen and oxygen atoms in total. The fourth-order valence-corrected chi connectivity index (χ4v) is 2.29. The lowest BCUT2D eigenvalue weighted by Gasteiger charge is -2.01. The molecule has 0 saturated carbocycles. The molecule has 6 heteroatoms. The maximum atomic E-state index is 8.91. The van der Waals surface area contributed by atoms with Gasteiger partial charge in [-0.15, -0.1) is 0 Å². The van der Waals surface area contributed by atoms with Gasteiger partial charge in [-0.1, -0.05) is 18.2 Å². The van der Waals surface area contributed by atoms with E-state index >= 15 is 0 Å². The number of nitriles is 1. The van der Waals surface area contributed by atoms with Crippen LogP contribution in [0.2, 0.25) is 0 Å². The molecule has 0 radical (unpaired) electrons. The lowest BCUT2D eigenvalue weighted by atomic mass is 10.2. The van der Waals surface area contributed by atoms with Crippen molar-refractivity contribution in [3.8, 4) is 6.07 Å². The molecule has 0 saturated heterocycles. The first-order valence-electron chi connectivity index (χ1n) is 6.44. The zero-order valence-electron chi connectivity index (χ0n) is 10.9. The van der Waals surface area contributed by atoms with Gasteiger partial charge in [0, 0.05) is 5.69 Å². The van der Waals surface area contributed by atoms with Crippen molar-refractivity contribution in [3.63, 3.8) is 0 Å². The van der Waals surface area contributed by atoms with Gasteiger partial charge in [0.15, 0.2) is 0 Å². The van der Waals surface area contributed by atoms with E-state index in [0.29, 0.717) is 17.3 Å². The maximum Gasteiger partial charge on any atom is 0.253 e. The fraction of sp³-hybridized carbons (Fsp3) is 0. The van der Waals surface area contributed by atoms with Gasteiger partial charge in [-0.25, -0.2) is 9.50 Å². The van der Waals surface area contributed by atoms with Crippen LogP contribution in [0.25, 0.3) is 16.8 Å². The second-order valence-electron chi connectivity index (χ2n) is 4.63. The summed E-state index contributed by atoms with van der Waals surface area (Å²) in [4.78, 5) is 8.84. The van der Waals surface area contributed by atoms with E-state index in [9.17, 15) is 0 Å². The minimum absolute atomic E-state index is 0.582. The van der Waals surface area contributed by atoms with E-state index in [0.717, 1.165) is 16.7 Å². The third-order valence-corrected chi connectivity index (χ3v) is 3.23. The number of anilines is 2. The summed E-state index contributed by atoms with van der Waals surface area (Å²) in [5.74, 6) is 1.19. The number of nitrogens with zero attached hydrogens (tertiary/aromatic N) is 4. The number of para-hydroxylation sites is 2. The van der Waals surface area contributed by atoms with Crippen molar-refractivity contribution in [2.45, 2.75) is 0 Å². The van der Waals surface area contributed by atoms with Crippen LogP contribution in [-0.2, 0) is 0 Å². The molecule has 0 aliphatic carbocycles. The Labute approximate surface area is 119 Å². The Morgan fingerprint density at radius 2 is 2.00 bits per heavy atom. The molecule has 0 fully saturated rings. The van der Waals surface area contributed by atoms with Crippen LogP contribution in [0.5, 0.6) is 0 Å².